The van der Waals surface area contributed by atoms with Crippen molar-refractivity contribution in [1.82, 2.24) is 14.9 Å². The molecule has 0 saturated carbocycles. The van der Waals surface area contributed by atoms with Gasteiger partial charge in [0, 0.05) is 41.9 Å². The molecule has 4 heteroatoms. The van der Waals surface area contributed by atoms with Gasteiger partial charge in [-0.05, 0) is 83.5 Å². The highest BCUT2D eigenvalue weighted by Crippen LogP contribution is 2.47. The average Bonchev–Trinajstić information content (AvgIpc) is 3.20. The van der Waals surface area contributed by atoms with Crippen LogP contribution in [0.3, 0.4) is 0 Å². The summed E-state index contributed by atoms with van der Waals surface area (Å²) >= 11 is 0. The van der Waals surface area contributed by atoms with Crippen LogP contribution in [0.1, 0.15) is 49.6 Å². The van der Waals surface area contributed by atoms with E-state index in [4.69, 9.17) is 4.99 Å². The molecule has 1 aliphatic heterocycles. The fourth-order valence-electron chi connectivity index (χ4n) is 8.43. The van der Waals surface area contributed by atoms with Gasteiger partial charge in [-0.2, -0.15) is 0 Å². The van der Waals surface area contributed by atoms with Crippen molar-refractivity contribution in [3.63, 3.8) is 0 Å². The molecule has 0 bridgehead atoms. The smallest absolute Gasteiger partial charge is 0.110 e. The first-order valence-corrected chi connectivity index (χ1v) is 18.6. The standard InChI is InChI=1S/C48H46N4/c1-33-29-38(45-20-12-14-28-50-45)25-26-41(33)39-30-42(35-21-23-37(24-22-35)44-19-11-13-27-49-44)34(2)43(31-39)47-51-46(36-15-7-5-8-16-36)32-48(3,52(47)4)40-17-9-6-10-18-40/h5-31,33-34,41,43,47H,32H2,1-4H3. The summed E-state index contributed by atoms with van der Waals surface area (Å²) in [5, 5.41) is 0. The molecule has 3 aliphatic rings. The van der Waals surface area contributed by atoms with Gasteiger partial charge in [0.2, 0.25) is 0 Å². The van der Waals surface area contributed by atoms with Crippen LogP contribution in [0.15, 0.2) is 175 Å². The minimum Gasteiger partial charge on any atom is -0.275 e. The van der Waals surface area contributed by atoms with E-state index in [1.165, 1.54) is 39.1 Å². The van der Waals surface area contributed by atoms with E-state index in [-0.39, 0.29) is 29.5 Å². The first kappa shape index (κ1) is 33.7. The van der Waals surface area contributed by atoms with Gasteiger partial charge >= 0.3 is 0 Å². The summed E-state index contributed by atoms with van der Waals surface area (Å²) in [4.78, 5) is 17.5. The SMILES string of the molecule is CC1C=C(c2ccccn2)C=CC1C1=CC(C2N=C(c3ccccc3)CC(C)(c3ccccc3)N2C)C(C)C(c2ccc(-c3ccccn3)cc2)=C1. The Morgan fingerprint density at radius 1 is 0.673 bits per heavy atom. The van der Waals surface area contributed by atoms with Crippen LogP contribution in [-0.4, -0.2) is 33.8 Å². The number of nitrogens with zero attached hydrogens (tertiary/aromatic N) is 4. The molecule has 2 aromatic heterocycles. The number of rotatable bonds is 7. The van der Waals surface area contributed by atoms with Crippen LogP contribution in [0, 0.1) is 23.7 Å². The Morgan fingerprint density at radius 2 is 1.31 bits per heavy atom. The molecule has 3 heterocycles. The third-order valence-electron chi connectivity index (χ3n) is 11.6. The fourth-order valence-corrected chi connectivity index (χ4v) is 8.43. The predicted molar refractivity (Wildman–Crippen MR) is 215 cm³/mol. The van der Waals surface area contributed by atoms with Crippen molar-refractivity contribution in [2.24, 2.45) is 28.7 Å². The topological polar surface area (TPSA) is 41.4 Å². The summed E-state index contributed by atoms with van der Waals surface area (Å²) in [6.45, 7) is 7.13. The van der Waals surface area contributed by atoms with Crippen LogP contribution >= 0.6 is 0 Å². The second kappa shape index (κ2) is 14.3. The van der Waals surface area contributed by atoms with Gasteiger partial charge in [-0.3, -0.25) is 19.9 Å². The molecule has 0 radical (unpaired) electrons. The van der Waals surface area contributed by atoms with Gasteiger partial charge in [-0.25, -0.2) is 0 Å². The maximum Gasteiger partial charge on any atom is 0.110 e. The van der Waals surface area contributed by atoms with E-state index in [1.54, 1.807) is 0 Å². The summed E-state index contributed by atoms with van der Waals surface area (Å²) in [6, 6.07) is 43.0. The molecule has 0 N–H and O–H groups in total. The number of benzene rings is 3. The highest BCUT2D eigenvalue weighted by atomic mass is 15.3. The molecule has 0 spiro atoms. The lowest BCUT2D eigenvalue weighted by Gasteiger charge is -2.50. The lowest BCUT2D eigenvalue weighted by atomic mass is 9.70. The molecule has 6 unspecified atom stereocenters. The first-order chi connectivity index (χ1) is 25.4. The molecule has 0 fully saturated rings. The summed E-state index contributed by atoms with van der Waals surface area (Å²) < 4.78 is 0. The van der Waals surface area contributed by atoms with E-state index in [0.29, 0.717) is 5.92 Å². The zero-order chi connectivity index (χ0) is 35.7. The van der Waals surface area contributed by atoms with E-state index >= 15 is 0 Å². The third kappa shape index (κ3) is 6.44. The molecular formula is C48H46N4. The second-order valence-corrected chi connectivity index (χ2v) is 14.8. The molecular weight excluding hydrogens is 633 g/mol. The zero-order valence-electron chi connectivity index (χ0n) is 30.5. The van der Waals surface area contributed by atoms with Crippen molar-refractivity contribution in [3.8, 4) is 11.3 Å². The molecule has 0 saturated heterocycles. The Hall–Kier alpha value is -5.45. The molecule has 5 aromatic rings. The predicted octanol–water partition coefficient (Wildman–Crippen LogP) is 10.7. The van der Waals surface area contributed by atoms with Crippen LogP contribution in [0.5, 0.6) is 0 Å². The molecule has 258 valence electrons. The Kier molecular flexibility index (Phi) is 9.25. The quantitative estimate of drug-likeness (QED) is 0.172. The van der Waals surface area contributed by atoms with E-state index in [1.807, 2.05) is 30.6 Å². The van der Waals surface area contributed by atoms with E-state index in [9.17, 15) is 0 Å². The van der Waals surface area contributed by atoms with Crippen LogP contribution in [0.2, 0.25) is 0 Å². The van der Waals surface area contributed by atoms with Crippen molar-refractivity contribution < 1.29 is 0 Å². The first-order valence-electron chi connectivity index (χ1n) is 18.6. The van der Waals surface area contributed by atoms with Gasteiger partial charge < -0.3 is 0 Å². The van der Waals surface area contributed by atoms with Crippen LogP contribution in [0.4, 0.5) is 0 Å². The van der Waals surface area contributed by atoms with Crippen molar-refractivity contribution in [1.29, 1.82) is 0 Å². The van der Waals surface area contributed by atoms with Crippen LogP contribution < -0.4 is 0 Å². The number of pyridine rings is 2. The monoisotopic (exact) mass is 678 g/mol. The zero-order valence-corrected chi connectivity index (χ0v) is 30.5. The molecule has 8 rings (SSSR count). The van der Waals surface area contributed by atoms with Gasteiger partial charge in [0.1, 0.15) is 6.17 Å². The Bertz CT molecular complexity index is 2170. The van der Waals surface area contributed by atoms with E-state index < -0.39 is 0 Å². The highest BCUT2D eigenvalue weighted by molar-refractivity contribution is 6.02. The van der Waals surface area contributed by atoms with Crippen LogP contribution in [0.25, 0.3) is 22.4 Å². The Labute approximate surface area is 308 Å². The van der Waals surface area contributed by atoms with Crippen LogP contribution in [-0.2, 0) is 5.54 Å². The summed E-state index contributed by atoms with van der Waals surface area (Å²) in [5.74, 6) is 0.892. The number of aliphatic imine (C=N–C) groups is 1. The molecule has 3 aromatic carbocycles. The van der Waals surface area contributed by atoms with Crippen molar-refractivity contribution in [2.45, 2.75) is 38.9 Å². The summed E-state index contributed by atoms with van der Waals surface area (Å²) in [6.07, 6.45) is 16.6. The molecule has 4 nitrogen and oxygen atoms in total. The number of aromatic nitrogens is 2. The largest absolute Gasteiger partial charge is 0.275 e. The van der Waals surface area contributed by atoms with Gasteiger partial charge in [-0.1, -0.05) is 141 Å². The average molecular weight is 679 g/mol. The van der Waals surface area contributed by atoms with E-state index in [0.717, 1.165) is 23.4 Å². The minimum absolute atomic E-state index is 0.0712. The molecule has 52 heavy (non-hydrogen) atoms. The van der Waals surface area contributed by atoms with Gasteiger partial charge in [-0.15, -0.1) is 0 Å². The number of hydrogen-bond donors (Lipinski definition) is 0. The van der Waals surface area contributed by atoms with Gasteiger partial charge in [0.25, 0.3) is 0 Å². The maximum absolute atomic E-state index is 5.68. The Morgan fingerprint density at radius 3 is 1.96 bits per heavy atom. The molecule has 6 atom stereocenters. The van der Waals surface area contributed by atoms with Crippen molar-refractivity contribution in [2.75, 3.05) is 7.05 Å². The minimum atomic E-state index is -0.239. The fraction of sp³-hybridized carbons (Fsp3) is 0.229. The maximum atomic E-state index is 5.68. The van der Waals surface area contributed by atoms with E-state index in [2.05, 4.69) is 176 Å². The number of hydrogen-bond acceptors (Lipinski definition) is 4. The highest BCUT2D eigenvalue weighted by Gasteiger charge is 2.45. The summed E-state index contributed by atoms with van der Waals surface area (Å²) in [7, 11) is 2.29. The van der Waals surface area contributed by atoms with Gasteiger partial charge in [0.15, 0.2) is 0 Å². The number of allylic oxidation sites excluding steroid dienone is 7. The lowest BCUT2D eigenvalue weighted by Crippen LogP contribution is -2.54. The lowest BCUT2D eigenvalue weighted by molar-refractivity contribution is 0.0527. The molecule has 0 amide bonds. The second-order valence-electron chi connectivity index (χ2n) is 14.8. The van der Waals surface area contributed by atoms with Gasteiger partial charge in [0.05, 0.1) is 16.9 Å². The van der Waals surface area contributed by atoms with Crippen molar-refractivity contribution in [3.05, 3.63) is 192 Å². The Balaban J connectivity index is 1.23. The molecule has 2 aliphatic carbocycles. The normalized spacial score (nSPS) is 26.2. The third-order valence-corrected chi connectivity index (χ3v) is 11.6. The van der Waals surface area contributed by atoms with Crippen molar-refractivity contribution >= 4 is 16.9 Å². The summed E-state index contributed by atoms with van der Waals surface area (Å²) in [5.41, 5.74) is 11.7.